The number of aryl methyl sites for hydroxylation is 1. The topological polar surface area (TPSA) is 72.4 Å². The third-order valence-corrected chi connectivity index (χ3v) is 3.40. The van der Waals surface area contributed by atoms with Crippen molar-refractivity contribution >= 4 is 17.1 Å². The highest BCUT2D eigenvalue weighted by Gasteiger charge is 2.12. The van der Waals surface area contributed by atoms with E-state index < -0.39 is 11.7 Å². The van der Waals surface area contributed by atoms with Crippen molar-refractivity contribution in [2.45, 2.75) is 45.6 Å². The molecule has 0 atom stereocenters. The number of hydrogen-bond acceptors (Lipinski definition) is 3. The second-order valence-electron chi connectivity index (χ2n) is 4.92. The van der Waals surface area contributed by atoms with Crippen LogP contribution in [-0.2, 0) is 6.54 Å². The molecule has 0 aliphatic carbocycles. The molecule has 0 fully saturated rings. The van der Waals surface area contributed by atoms with Gasteiger partial charge in [0, 0.05) is 6.54 Å². The van der Waals surface area contributed by atoms with Crippen molar-refractivity contribution in [3.05, 3.63) is 34.3 Å². The van der Waals surface area contributed by atoms with Gasteiger partial charge < -0.3 is 9.52 Å². The number of carboxylic acids is 1. The molecule has 0 aliphatic heterocycles. The Balaban J connectivity index is 2.18. The lowest BCUT2D eigenvalue weighted by Gasteiger charge is -2.02. The van der Waals surface area contributed by atoms with E-state index in [0.717, 1.165) is 19.3 Å². The molecule has 5 heteroatoms. The fourth-order valence-corrected chi connectivity index (χ4v) is 2.28. The number of hydrogen-bond donors (Lipinski definition) is 1. The van der Waals surface area contributed by atoms with Crippen molar-refractivity contribution in [1.29, 1.82) is 0 Å². The molecule has 1 aromatic heterocycles. The molecule has 20 heavy (non-hydrogen) atoms. The number of oxazole rings is 1. The first-order valence-corrected chi connectivity index (χ1v) is 7.00. The summed E-state index contributed by atoms with van der Waals surface area (Å²) >= 11 is 0. The number of carbonyl (C=O) groups is 1. The maximum Gasteiger partial charge on any atom is 0.419 e. The molecule has 0 amide bonds. The first-order chi connectivity index (χ1) is 9.63. The molecule has 5 nitrogen and oxygen atoms in total. The van der Waals surface area contributed by atoms with Crippen molar-refractivity contribution in [3.63, 3.8) is 0 Å². The van der Waals surface area contributed by atoms with Crippen LogP contribution >= 0.6 is 0 Å². The lowest BCUT2D eigenvalue weighted by Crippen LogP contribution is -2.14. The van der Waals surface area contributed by atoms with Crippen LogP contribution in [0.2, 0.25) is 0 Å². The lowest BCUT2D eigenvalue weighted by molar-refractivity contribution is 0.0697. The Morgan fingerprint density at radius 3 is 2.70 bits per heavy atom. The van der Waals surface area contributed by atoms with Crippen LogP contribution in [0.25, 0.3) is 11.1 Å². The van der Waals surface area contributed by atoms with Crippen molar-refractivity contribution < 1.29 is 14.3 Å². The van der Waals surface area contributed by atoms with Gasteiger partial charge in [-0.1, -0.05) is 32.6 Å². The van der Waals surface area contributed by atoms with Crippen molar-refractivity contribution in [2.75, 3.05) is 0 Å². The summed E-state index contributed by atoms with van der Waals surface area (Å²) in [4.78, 5) is 22.8. The Labute approximate surface area is 116 Å². The van der Waals surface area contributed by atoms with E-state index in [2.05, 4.69) is 6.92 Å². The quantitative estimate of drug-likeness (QED) is 0.788. The normalized spacial score (nSPS) is 11.1. The summed E-state index contributed by atoms with van der Waals surface area (Å²) in [6, 6.07) is 4.47. The van der Waals surface area contributed by atoms with E-state index >= 15 is 0 Å². The average molecular weight is 277 g/mol. The van der Waals surface area contributed by atoms with E-state index in [1.807, 2.05) is 0 Å². The van der Waals surface area contributed by atoms with Crippen LogP contribution < -0.4 is 5.76 Å². The molecule has 1 N–H and O–H groups in total. The van der Waals surface area contributed by atoms with Gasteiger partial charge in [-0.3, -0.25) is 4.57 Å². The van der Waals surface area contributed by atoms with Crippen LogP contribution in [0.15, 0.2) is 27.4 Å². The first kappa shape index (κ1) is 14.4. The fourth-order valence-electron chi connectivity index (χ4n) is 2.28. The monoisotopic (exact) mass is 277 g/mol. The third-order valence-electron chi connectivity index (χ3n) is 3.40. The zero-order valence-corrected chi connectivity index (χ0v) is 11.6. The molecule has 1 heterocycles. The van der Waals surface area contributed by atoms with Crippen molar-refractivity contribution in [2.24, 2.45) is 0 Å². The highest BCUT2D eigenvalue weighted by Crippen LogP contribution is 2.16. The minimum Gasteiger partial charge on any atom is -0.478 e. The molecule has 0 bridgehead atoms. The van der Waals surface area contributed by atoms with Crippen molar-refractivity contribution in [1.82, 2.24) is 4.57 Å². The molecule has 108 valence electrons. The molecule has 2 rings (SSSR count). The minimum atomic E-state index is -1.00. The fraction of sp³-hybridized carbons (Fsp3) is 0.467. The standard InChI is InChI=1S/C15H19NO4/c1-2-3-4-5-6-9-16-12-10-11(14(17)18)7-8-13(12)20-15(16)19/h7-8,10H,2-6,9H2,1H3,(H,17,18). The number of nitrogens with zero attached hydrogens (tertiary/aromatic N) is 1. The molecular weight excluding hydrogens is 258 g/mol. The Hall–Kier alpha value is -2.04. The van der Waals surface area contributed by atoms with Crippen molar-refractivity contribution in [3.8, 4) is 0 Å². The maximum absolute atomic E-state index is 11.8. The van der Waals surface area contributed by atoms with Gasteiger partial charge in [0.25, 0.3) is 0 Å². The summed E-state index contributed by atoms with van der Waals surface area (Å²) in [6.45, 7) is 2.72. The van der Waals surface area contributed by atoms with E-state index in [4.69, 9.17) is 9.52 Å². The van der Waals surface area contributed by atoms with E-state index in [1.54, 1.807) is 0 Å². The molecule has 0 saturated heterocycles. The van der Waals surface area contributed by atoms with Crippen LogP contribution in [-0.4, -0.2) is 15.6 Å². The smallest absolute Gasteiger partial charge is 0.419 e. The van der Waals surface area contributed by atoms with Gasteiger partial charge in [-0.05, 0) is 24.6 Å². The predicted molar refractivity (Wildman–Crippen MR) is 76.2 cm³/mol. The minimum absolute atomic E-state index is 0.165. The number of benzene rings is 1. The molecule has 0 saturated carbocycles. The number of carboxylic acid groups (broad SMARTS) is 1. The van der Waals surface area contributed by atoms with Gasteiger partial charge in [0.05, 0.1) is 11.1 Å². The lowest BCUT2D eigenvalue weighted by atomic mass is 10.1. The Bertz CT molecular complexity index is 653. The Kier molecular flexibility index (Phi) is 4.61. The summed E-state index contributed by atoms with van der Waals surface area (Å²) < 4.78 is 6.65. The van der Waals surface area contributed by atoms with Gasteiger partial charge in [0.2, 0.25) is 0 Å². The van der Waals surface area contributed by atoms with Gasteiger partial charge in [-0.2, -0.15) is 0 Å². The number of rotatable bonds is 7. The highest BCUT2D eigenvalue weighted by molar-refractivity contribution is 5.91. The summed E-state index contributed by atoms with van der Waals surface area (Å²) in [7, 11) is 0. The van der Waals surface area contributed by atoms with Crippen LogP contribution in [0.5, 0.6) is 0 Å². The van der Waals surface area contributed by atoms with Crippen LogP contribution in [0, 0.1) is 0 Å². The van der Waals surface area contributed by atoms with Gasteiger partial charge in [0.15, 0.2) is 5.58 Å². The number of fused-ring (bicyclic) bond motifs is 1. The predicted octanol–water partition coefficient (Wildman–Crippen LogP) is 3.26. The highest BCUT2D eigenvalue weighted by atomic mass is 16.4. The number of aromatic nitrogens is 1. The summed E-state index contributed by atoms with van der Waals surface area (Å²) in [5, 5.41) is 9.00. The Morgan fingerprint density at radius 2 is 2.00 bits per heavy atom. The largest absolute Gasteiger partial charge is 0.478 e. The van der Waals surface area contributed by atoms with Crippen LogP contribution in [0.4, 0.5) is 0 Å². The second kappa shape index (κ2) is 6.41. The van der Waals surface area contributed by atoms with Crippen LogP contribution in [0.3, 0.4) is 0 Å². The van der Waals surface area contributed by atoms with E-state index in [0.29, 0.717) is 17.6 Å². The number of aromatic carboxylic acids is 1. The summed E-state index contributed by atoms with van der Waals surface area (Å²) in [5.74, 6) is -1.42. The Morgan fingerprint density at radius 1 is 1.25 bits per heavy atom. The zero-order chi connectivity index (χ0) is 14.5. The number of unbranched alkanes of at least 4 members (excludes halogenated alkanes) is 4. The molecule has 1 aromatic carbocycles. The SMILES string of the molecule is CCCCCCCn1c(=O)oc2ccc(C(=O)O)cc21. The summed E-state index contributed by atoms with van der Waals surface area (Å²) in [6.07, 6.45) is 5.49. The van der Waals surface area contributed by atoms with Crippen LogP contribution in [0.1, 0.15) is 49.4 Å². The van der Waals surface area contributed by atoms with Gasteiger partial charge >= 0.3 is 11.7 Å². The molecular formula is C15H19NO4. The zero-order valence-electron chi connectivity index (χ0n) is 11.6. The maximum atomic E-state index is 11.8. The van der Waals surface area contributed by atoms with E-state index in [-0.39, 0.29) is 5.56 Å². The first-order valence-electron chi connectivity index (χ1n) is 7.00. The van der Waals surface area contributed by atoms with E-state index in [1.165, 1.54) is 35.6 Å². The second-order valence-corrected chi connectivity index (χ2v) is 4.92. The molecule has 0 radical (unpaired) electrons. The molecule has 0 unspecified atom stereocenters. The molecule has 0 spiro atoms. The molecule has 0 aliphatic rings. The molecule has 2 aromatic rings. The van der Waals surface area contributed by atoms with Gasteiger partial charge in [0.1, 0.15) is 0 Å². The van der Waals surface area contributed by atoms with Gasteiger partial charge in [-0.25, -0.2) is 9.59 Å². The summed E-state index contributed by atoms with van der Waals surface area (Å²) in [5.41, 5.74) is 1.16. The average Bonchev–Trinajstić information content (AvgIpc) is 2.73. The van der Waals surface area contributed by atoms with Gasteiger partial charge in [-0.15, -0.1) is 0 Å². The van der Waals surface area contributed by atoms with E-state index in [9.17, 15) is 9.59 Å². The third kappa shape index (κ3) is 3.10.